The topological polar surface area (TPSA) is 120 Å². The minimum absolute atomic E-state index is 0.0619. The maximum atomic E-state index is 14.0. The molecule has 0 unspecified atom stereocenters. The summed E-state index contributed by atoms with van der Waals surface area (Å²) in [7, 11) is -4.38. The van der Waals surface area contributed by atoms with E-state index in [0.29, 0.717) is 15.7 Å². The first-order valence-electron chi connectivity index (χ1n) is 13.6. The molecule has 0 bridgehead atoms. The first-order chi connectivity index (χ1) is 20.6. The molecule has 0 aliphatic carbocycles. The van der Waals surface area contributed by atoms with E-state index in [1.54, 1.807) is 76.4 Å². The van der Waals surface area contributed by atoms with Crippen molar-refractivity contribution in [3.05, 3.63) is 99.8 Å². The number of nitro benzene ring substituents is 1. The van der Waals surface area contributed by atoms with Gasteiger partial charge in [0.05, 0.1) is 16.3 Å². The molecule has 0 saturated carbocycles. The lowest BCUT2D eigenvalue weighted by atomic mass is 10.1. The summed E-state index contributed by atoms with van der Waals surface area (Å²) in [4.78, 5) is 27.9. The number of halogens is 1. The van der Waals surface area contributed by atoms with E-state index in [9.17, 15) is 27.7 Å². The highest BCUT2D eigenvalue weighted by atomic mass is 32.2. The number of aromatic nitrogens is 1. The molecule has 9 nitrogen and oxygen atoms in total. The number of ether oxygens (including phenoxy) is 1. The van der Waals surface area contributed by atoms with E-state index in [-0.39, 0.29) is 24.8 Å². The maximum Gasteiger partial charge on any atom is 0.322 e. The van der Waals surface area contributed by atoms with Gasteiger partial charge in [0.2, 0.25) is 0 Å². The van der Waals surface area contributed by atoms with Crippen LogP contribution < -0.4 is 4.31 Å². The van der Waals surface area contributed by atoms with Crippen LogP contribution in [0.25, 0.3) is 11.1 Å². The highest BCUT2D eigenvalue weighted by molar-refractivity contribution is 8.03. The minimum Gasteiger partial charge on any atom is -0.459 e. The number of nitro groups is 1. The summed E-state index contributed by atoms with van der Waals surface area (Å²) in [6, 6.07) is 17.8. The zero-order valence-corrected chi connectivity index (χ0v) is 27.3. The summed E-state index contributed by atoms with van der Waals surface area (Å²) in [5.74, 6) is -0.748. The molecule has 0 N–H and O–H groups in total. The van der Waals surface area contributed by atoms with Crippen molar-refractivity contribution in [2.75, 3.05) is 10.8 Å². The van der Waals surface area contributed by atoms with Gasteiger partial charge in [-0.25, -0.2) is 17.8 Å². The van der Waals surface area contributed by atoms with Gasteiger partial charge in [-0.2, -0.15) is 0 Å². The number of rotatable bonds is 11. The number of hydrogen-bond donors (Lipinski definition) is 0. The molecule has 232 valence electrons. The van der Waals surface area contributed by atoms with Crippen LogP contribution in [0.3, 0.4) is 0 Å². The van der Waals surface area contributed by atoms with Gasteiger partial charge in [0.25, 0.3) is 15.7 Å². The van der Waals surface area contributed by atoms with Gasteiger partial charge in [0.1, 0.15) is 16.2 Å². The van der Waals surface area contributed by atoms with E-state index in [4.69, 9.17) is 4.74 Å². The molecular weight excluding hydrogens is 626 g/mol. The van der Waals surface area contributed by atoms with Crippen molar-refractivity contribution in [1.29, 1.82) is 0 Å². The third-order valence-electron chi connectivity index (χ3n) is 6.30. The van der Waals surface area contributed by atoms with Gasteiger partial charge in [-0.05, 0) is 76.1 Å². The first-order valence-corrected chi connectivity index (χ1v) is 16.7. The molecule has 4 rings (SSSR count). The van der Waals surface area contributed by atoms with E-state index in [1.165, 1.54) is 53.4 Å². The van der Waals surface area contributed by atoms with Crippen molar-refractivity contribution >= 4 is 50.5 Å². The molecule has 0 radical (unpaired) electrons. The highest BCUT2D eigenvalue weighted by Gasteiger charge is 2.35. The third-order valence-corrected chi connectivity index (χ3v) is 10.3. The van der Waals surface area contributed by atoms with Gasteiger partial charge in [-0.1, -0.05) is 48.2 Å². The Morgan fingerprint density at radius 1 is 1.00 bits per heavy atom. The number of thiazole rings is 1. The summed E-state index contributed by atoms with van der Waals surface area (Å²) >= 11 is 2.59. The van der Waals surface area contributed by atoms with Crippen LogP contribution in [0.5, 0.6) is 0 Å². The second-order valence-electron chi connectivity index (χ2n) is 11.3. The Hall–Kier alpha value is -3.81. The molecule has 1 aromatic heterocycles. The van der Waals surface area contributed by atoms with E-state index >= 15 is 0 Å². The Bertz CT molecular complexity index is 1750. The van der Waals surface area contributed by atoms with Crippen molar-refractivity contribution in [2.24, 2.45) is 0 Å². The third kappa shape index (κ3) is 8.01. The molecule has 1 heterocycles. The molecule has 13 heteroatoms. The van der Waals surface area contributed by atoms with E-state index in [2.05, 4.69) is 4.98 Å². The quantitative estimate of drug-likeness (QED) is 0.0704. The fourth-order valence-electron chi connectivity index (χ4n) is 4.12. The largest absolute Gasteiger partial charge is 0.459 e. The Morgan fingerprint density at radius 2 is 1.59 bits per heavy atom. The fraction of sp³-hybridized carbons (Fsp3) is 0.290. The van der Waals surface area contributed by atoms with Crippen LogP contribution in [0, 0.1) is 15.9 Å². The molecule has 0 spiro atoms. The van der Waals surface area contributed by atoms with Crippen molar-refractivity contribution in [2.45, 2.75) is 60.6 Å². The highest BCUT2D eigenvalue weighted by Crippen LogP contribution is 2.37. The van der Waals surface area contributed by atoms with Gasteiger partial charge in [-0.15, -0.1) is 11.3 Å². The van der Waals surface area contributed by atoms with E-state index in [1.807, 2.05) is 0 Å². The predicted octanol–water partition coefficient (Wildman–Crippen LogP) is 7.51. The Morgan fingerprint density at radius 3 is 2.18 bits per heavy atom. The maximum absolute atomic E-state index is 14.0. The molecule has 0 amide bonds. The van der Waals surface area contributed by atoms with Crippen LogP contribution in [-0.4, -0.2) is 41.2 Å². The molecule has 0 fully saturated rings. The van der Waals surface area contributed by atoms with Crippen molar-refractivity contribution < 1.29 is 27.3 Å². The van der Waals surface area contributed by atoms with Crippen LogP contribution in [0.2, 0.25) is 0 Å². The number of anilines is 1. The van der Waals surface area contributed by atoms with E-state index in [0.717, 1.165) is 21.5 Å². The lowest BCUT2D eigenvalue weighted by molar-refractivity contribution is -0.387. The van der Waals surface area contributed by atoms with Crippen molar-refractivity contribution in [3.8, 4) is 11.1 Å². The molecular formula is C31H32FN3O6S3. The van der Waals surface area contributed by atoms with Crippen LogP contribution in [0.15, 0.2) is 87.4 Å². The second-order valence-corrected chi connectivity index (χ2v) is 15.9. The van der Waals surface area contributed by atoms with Gasteiger partial charge in [0, 0.05) is 24.4 Å². The smallest absolute Gasteiger partial charge is 0.322 e. The summed E-state index contributed by atoms with van der Waals surface area (Å²) in [5, 5.41) is 13.5. The van der Waals surface area contributed by atoms with Crippen LogP contribution in [0.1, 0.15) is 40.3 Å². The van der Waals surface area contributed by atoms with Gasteiger partial charge < -0.3 is 4.74 Å². The monoisotopic (exact) mass is 657 g/mol. The van der Waals surface area contributed by atoms with Crippen LogP contribution in [0.4, 0.5) is 15.8 Å². The summed E-state index contributed by atoms with van der Waals surface area (Å²) in [5.41, 5.74) is 1.21. The number of carbonyl (C=O) groups excluding carboxylic acids is 1. The minimum atomic E-state index is -4.38. The molecule has 3 aromatic carbocycles. The number of nitrogens with zero attached hydrogens (tertiary/aromatic N) is 3. The summed E-state index contributed by atoms with van der Waals surface area (Å²) in [6.45, 7) is 8.84. The first kappa shape index (κ1) is 33.1. The zero-order valence-electron chi connectivity index (χ0n) is 24.8. The number of hydrogen-bond acceptors (Lipinski definition) is 9. The second kappa shape index (κ2) is 13.0. The fourth-order valence-corrected chi connectivity index (χ4v) is 8.01. The van der Waals surface area contributed by atoms with Crippen molar-refractivity contribution in [1.82, 2.24) is 4.98 Å². The average Bonchev–Trinajstić information content (AvgIpc) is 3.39. The Labute approximate surface area is 264 Å². The number of sulfonamides is 1. The molecule has 0 saturated heterocycles. The van der Waals surface area contributed by atoms with Gasteiger partial charge in [0.15, 0.2) is 9.24 Å². The molecule has 0 atom stereocenters. The van der Waals surface area contributed by atoms with Gasteiger partial charge >= 0.3 is 5.97 Å². The van der Waals surface area contributed by atoms with Crippen LogP contribution >= 0.6 is 23.1 Å². The molecule has 0 aliphatic rings. The number of esters is 1. The number of thioether (sulfide) groups is 1. The van der Waals surface area contributed by atoms with Gasteiger partial charge in [-0.3, -0.25) is 19.2 Å². The lowest BCUT2D eigenvalue weighted by Crippen LogP contribution is -2.36. The Balaban J connectivity index is 1.62. The summed E-state index contributed by atoms with van der Waals surface area (Å²) in [6.07, 6.45) is 0.198. The number of benzene rings is 3. The Kier molecular flexibility index (Phi) is 9.81. The zero-order chi connectivity index (χ0) is 32.3. The van der Waals surface area contributed by atoms with Crippen LogP contribution in [-0.2, 0) is 26.0 Å². The van der Waals surface area contributed by atoms with Crippen molar-refractivity contribution in [3.63, 3.8) is 0 Å². The standard InChI is InChI=1S/C31H32FN3O6S3/c1-30(2,3)41-28(36)31(4,5)43-29-33-24(20-42-29)18-19-34(44(39,40)27-9-7-6-8-26(27)35(37)38)25-16-12-22(13-17-25)21-10-14-23(32)15-11-21/h6-17,20H,18-19H2,1-5H3. The molecule has 0 aliphatic heterocycles. The average molecular weight is 658 g/mol. The number of para-hydroxylation sites is 1. The number of carbonyl (C=O) groups is 1. The molecule has 4 aromatic rings. The lowest BCUT2D eigenvalue weighted by Gasteiger charge is -2.27. The summed E-state index contributed by atoms with van der Waals surface area (Å²) < 4.78 is 47.7. The normalized spacial score (nSPS) is 12.1. The molecule has 44 heavy (non-hydrogen) atoms. The van der Waals surface area contributed by atoms with E-state index < -0.39 is 35.9 Å². The SMILES string of the molecule is CC(C)(C)OC(=O)C(C)(C)Sc1nc(CCN(c2ccc(-c3ccc(F)cc3)cc2)S(=O)(=O)c2ccccc2[N+](=O)[O-])cs1. The predicted molar refractivity (Wildman–Crippen MR) is 171 cm³/mol.